The van der Waals surface area contributed by atoms with E-state index in [-0.39, 0.29) is 24.4 Å². The molecule has 25 heavy (non-hydrogen) atoms. The van der Waals surface area contributed by atoms with Gasteiger partial charge in [-0.25, -0.2) is 0 Å². The lowest BCUT2D eigenvalue weighted by atomic mass is 10.0. The number of benzene rings is 1. The van der Waals surface area contributed by atoms with Crippen LogP contribution in [0.15, 0.2) is 12.1 Å². The predicted molar refractivity (Wildman–Crippen MR) is 100 cm³/mol. The number of amides is 1. The van der Waals surface area contributed by atoms with Crippen molar-refractivity contribution in [2.24, 2.45) is 5.73 Å². The molecule has 6 nitrogen and oxygen atoms in total. The Morgan fingerprint density at radius 2 is 1.68 bits per heavy atom. The summed E-state index contributed by atoms with van der Waals surface area (Å²) in [5.74, 6) is 1.58. The van der Waals surface area contributed by atoms with E-state index in [2.05, 4.69) is 0 Å². The van der Waals surface area contributed by atoms with Crippen molar-refractivity contribution in [1.29, 1.82) is 0 Å². The van der Waals surface area contributed by atoms with Crippen molar-refractivity contribution >= 4 is 18.3 Å². The summed E-state index contributed by atoms with van der Waals surface area (Å²) in [5, 5.41) is 0. The van der Waals surface area contributed by atoms with E-state index in [4.69, 9.17) is 19.9 Å². The Kier molecular flexibility index (Phi) is 8.86. The van der Waals surface area contributed by atoms with Gasteiger partial charge in [0.2, 0.25) is 5.75 Å². The Balaban J connectivity index is 0.00000312. The third kappa shape index (κ3) is 5.41. The van der Waals surface area contributed by atoms with Crippen molar-refractivity contribution < 1.29 is 19.0 Å². The molecule has 1 unspecified atom stereocenters. The van der Waals surface area contributed by atoms with Crippen LogP contribution in [0.3, 0.4) is 0 Å². The zero-order valence-corrected chi connectivity index (χ0v) is 16.1. The van der Waals surface area contributed by atoms with E-state index in [0.29, 0.717) is 49.2 Å². The third-order valence-electron chi connectivity index (χ3n) is 3.90. The highest BCUT2D eigenvalue weighted by atomic mass is 35.5. The molecule has 0 saturated carbocycles. The zero-order valence-electron chi connectivity index (χ0n) is 15.2. The standard InChI is InChI=1S/C18H28N2O4.ClH/c1-4-22-15-10-13(11-16(23-5-2)17(15)24-6-3)18(21)20-9-7-8-14(19)12-20;/h10-11,14H,4-9,12,19H2,1-3H3;1H. The first kappa shape index (κ1) is 21.4. The van der Waals surface area contributed by atoms with Crippen LogP contribution in [0, 0.1) is 0 Å². The van der Waals surface area contributed by atoms with Crippen LogP contribution in [0.1, 0.15) is 44.0 Å². The van der Waals surface area contributed by atoms with Crippen LogP contribution in [0.25, 0.3) is 0 Å². The number of nitrogens with zero attached hydrogens (tertiary/aromatic N) is 1. The number of ether oxygens (including phenoxy) is 3. The Morgan fingerprint density at radius 3 is 2.16 bits per heavy atom. The Hall–Kier alpha value is -1.66. The molecule has 1 aliphatic heterocycles. The van der Waals surface area contributed by atoms with Gasteiger partial charge >= 0.3 is 0 Å². The van der Waals surface area contributed by atoms with E-state index in [9.17, 15) is 4.79 Å². The number of hydrogen-bond acceptors (Lipinski definition) is 5. The Morgan fingerprint density at radius 1 is 1.12 bits per heavy atom. The summed E-state index contributed by atoms with van der Waals surface area (Å²) in [7, 11) is 0. The van der Waals surface area contributed by atoms with Crippen LogP contribution in [-0.2, 0) is 0 Å². The molecular formula is C18H29ClN2O4. The van der Waals surface area contributed by atoms with Gasteiger partial charge < -0.3 is 24.8 Å². The molecular weight excluding hydrogens is 344 g/mol. The molecule has 0 radical (unpaired) electrons. The van der Waals surface area contributed by atoms with Gasteiger partial charge in [0, 0.05) is 24.7 Å². The summed E-state index contributed by atoms with van der Waals surface area (Å²) in [6, 6.07) is 3.52. The van der Waals surface area contributed by atoms with Crippen molar-refractivity contribution in [2.75, 3.05) is 32.9 Å². The second-order valence-electron chi connectivity index (χ2n) is 5.75. The summed E-state index contributed by atoms with van der Waals surface area (Å²) < 4.78 is 17.0. The van der Waals surface area contributed by atoms with Crippen molar-refractivity contribution in [2.45, 2.75) is 39.7 Å². The number of carbonyl (C=O) groups excluding carboxylic acids is 1. The highest BCUT2D eigenvalue weighted by Gasteiger charge is 2.25. The van der Waals surface area contributed by atoms with Gasteiger partial charge in [0.15, 0.2) is 11.5 Å². The lowest BCUT2D eigenvalue weighted by Crippen LogP contribution is -2.45. The summed E-state index contributed by atoms with van der Waals surface area (Å²) >= 11 is 0. The fourth-order valence-electron chi connectivity index (χ4n) is 2.89. The molecule has 1 saturated heterocycles. The highest BCUT2D eigenvalue weighted by Crippen LogP contribution is 2.39. The van der Waals surface area contributed by atoms with Crippen LogP contribution in [0.2, 0.25) is 0 Å². The molecule has 2 N–H and O–H groups in total. The number of rotatable bonds is 7. The summed E-state index contributed by atoms with van der Waals surface area (Å²) in [6.45, 7) is 8.47. The molecule has 0 aromatic heterocycles. The first-order chi connectivity index (χ1) is 11.6. The second-order valence-corrected chi connectivity index (χ2v) is 5.75. The predicted octanol–water partition coefficient (Wildman–Crippen LogP) is 2.87. The van der Waals surface area contributed by atoms with Crippen LogP contribution in [0.4, 0.5) is 0 Å². The summed E-state index contributed by atoms with van der Waals surface area (Å²) in [4.78, 5) is 14.6. The molecule has 0 bridgehead atoms. The highest BCUT2D eigenvalue weighted by molar-refractivity contribution is 5.95. The number of likely N-dealkylation sites (tertiary alicyclic amines) is 1. The number of nitrogens with two attached hydrogens (primary N) is 1. The van der Waals surface area contributed by atoms with Crippen molar-refractivity contribution in [3.05, 3.63) is 17.7 Å². The molecule has 1 aromatic carbocycles. The second kappa shape index (κ2) is 10.4. The third-order valence-corrected chi connectivity index (χ3v) is 3.90. The zero-order chi connectivity index (χ0) is 17.5. The molecule has 1 aliphatic rings. The summed E-state index contributed by atoms with van der Waals surface area (Å²) in [5.41, 5.74) is 6.54. The van der Waals surface area contributed by atoms with Gasteiger partial charge in [-0.2, -0.15) is 0 Å². The van der Waals surface area contributed by atoms with Crippen LogP contribution >= 0.6 is 12.4 Å². The largest absolute Gasteiger partial charge is 0.490 e. The lowest BCUT2D eigenvalue weighted by molar-refractivity contribution is 0.0707. The average Bonchev–Trinajstić information content (AvgIpc) is 2.57. The number of halogens is 1. The molecule has 2 rings (SSSR count). The van der Waals surface area contributed by atoms with E-state index < -0.39 is 0 Å². The molecule has 1 fully saturated rings. The maximum Gasteiger partial charge on any atom is 0.254 e. The molecule has 0 aliphatic carbocycles. The smallest absolute Gasteiger partial charge is 0.254 e. The quantitative estimate of drug-likeness (QED) is 0.796. The van der Waals surface area contributed by atoms with Gasteiger partial charge in [-0.05, 0) is 45.7 Å². The fourth-order valence-corrected chi connectivity index (χ4v) is 2.89. The van der Waals surface area contributed by atoms with Gasteiger partial charge in [-0.3, -0.25) is 4.79 Å². The maximum absolute atomic E-state index is 12.8. The lowest BCUT2D eigenvalue weighted by Gasteiger charge is -2.31. The fraction of sp³-hybridized carbons (Fsp3) is 0.611. The van der Waals surface area contributed by atoms with E-state index in [1.54, 1.807) is 17.0 Å². The minimum atomic E-state index is -0.0462. The Labute approximate surface area is 156 Å². The van der Waals surface area contributed by atoms with Crippen molar-refractivity contribution in [3.63, 3.8) is 0 Å². The van der Waals surface area contributed by atoms with Crippen LogP contribution in [0.5, 0.6) is 17.2 Å². The minimum absolute atomic E-state index is 0. The SMILES string of the molecule is CCOc1cc(C(=O)N2CCCC(N)C2)cc(OCC)c1OCC.Cl. The molecule has 1 amide bonds. The van der Waals surface area contributed by atoms with Gasteiger partial charge in [-0.1, -0.05) is 0 Å². The van der Waals surface area contributed by atoms with Crippen molar-refractivity contribution in [3.8, 4) is 17.2 Å². The van der Waals surface area contributed by atoms with Crippen LogP contribution in [-0.4, -0.2) is 49.8 Å². The normalized spacial score (nSPS) is 16.8. The van der Waals surface area contributed by atoms with E-state index in [1.807, 2.05) is 20.8 Å². The molecule has 1 aromatic rings. The van der Waals surface area contributed by atoms with Gasteiger partial charge in [-0.15, -0.1) is 12.4 Å². The average molecular weight is 373 g/mol. The van der Waals surface area contributed by atoms with E-state index in [0.717, 1.165) is 19.4 Å². The number of hydrogen-bond donors (Lipinski definition) is 1. The van der Waals surface area contributed by atoms with Gasteiger partial charge in [0.1, 0.15) is 0 Å². The van der Waals surface area contributed by atoms with Gasteiger partial charge in [0.25, 0.3) is 5.91 Å². The van der Waals surface area contributed by atoms with Crippen LogP contribution < -0.4 is 19.9 Å². The Bertz CT molecular complexity index is 541. The number of piperidine rings is 1. The molecule has 1 atom stereocenters. The molecule has 142 valence electrons. The molecule has 0 spiro atoms. The van der Waals surface area contributed by atoms with Gasteiger partial charge in [0.05, 0.1) is 19.8 Å². The molecule has 1 heterocycles. The van der Waals surface area contributed by atoms with Crippen molar-refractivity contribution in [1.82, 2.24) is 4.90 Å². The maximum atomic E-state index is 12.8. The number of carbonyl (C=O) groups is 1. The minimum Gasteiger partial charge on any atom is -0.490 e. The molecule has 7 heteroatoms. The summed E-state index contributed by atoms with van der Waals surface area (Å²) in [6.07, 6.45) is 1.89. The van der Waals surface area contributed by atoms with E-state index in [1.165, 1.54) is 0 Å². The van der Waals surface area contributed by atoms with E-state index >= 15 is 0 Å². The first-order valence-corrected chi connectivity index (χ1v) is 8.71. The monoisotopic (exact) mass is 372 g/mol. The topological polar surface area (TPSA) is 74.0 Å². The first-order valence-electron chi connectivity index (χ1n) is 8.71.